The summed E-state index contributed by atoms with van der Waals surface area (Å²) in [5.74, 6) is 0. The molecule has 1 aromatic carbocycles. The number of hydrogen-bond donors (Lipinski definition) is 1. The molecule has 0 aliphatic carbocycles. The number of oxazole rings is 1. The Balaban J connectivity index is 1.78. The largest absolute Gasteiger partial charge is 0.424 e. The third kappa shape index (κ3) is 2.42. The molecule has 2 heterocycles. The molecule has 19 heavy (non-hydrogen) atoms. The summed E-state index contributed by atoms with van der Waals surface area (Å²) in [6, 6.07) is 12.3. The highest BCUT2D eigenvalue weighted by molar-refractivity contribution is 5.74. The zero-order valence-electron chi connectivity index (χ0n) is 10.8. The Bertz CT molecular complexity index is 657. The van der Waals surface area contributed by atoms with Crippen LogP contribution in [0.2, 0.25) is 0 Å². The van der Waals surface area contributed by atoms with Gasteiger partial charge in [0.15, 0.2) is 5.58 Å². The zero-order valence-corrected chi connectivity index (χ0v) is 10.8. The van der Waals surface area contributed by atoms with E-state index in [1.165, 1.54) is 5.56 Å². The van der Waals surface area contributed by atoms with E-state index < -0.39 is 0 Å². The molecular formula is C15H15N3O. The van der Waals surface area contributed by atoms with Crippen LogP contribution in [0.15, 0.2) is 47.0 Å². The second-order valence-corrected chi connectivity index (χ2v) is 4.30. The van der Waals surface area contributed by atoms with Gasteiger partial charge in [0.1, 0.15) is 5.52 Å². The van der Waals surface area contributed by atoms with Gasteiger partial charge in [0.2, 0.25) is 0 Å². The summed E-state index contributed by atoms with van der Waals surface area (Å²) in [5.41, 5.74) is 3.93. The highest BCUT2D eigenvalue weighted by Crippen LogP contribution is 2.18. The lowest BCUT2D eigenvalue weighted by Gasteiger charge is -2.06. The average Bonchev–Trinajstić information content (AvgIpc) is 2.88. The number of nitrogens with one attached hydrogen (secondary N) is 1. The lowest BCUT2D eigenvalue weighted by Crippen LogP contribution is -2.04. The molecule has 0 atom stereocenters. The van der Waals surface area contributed by atoms with Gasteiger partial charge in [-0.3, -0.25) is 4.98 Å². The summed E-state index contributed by atoms with van der Waals surface area (Å²) in [5, 5.41) is 3.18. The standard InChI is InChI=1S/C15H15N3O/c1-2-11-6-5-9-16-13(11)10-17-15-18-12-7-3-4-8-14(12)19-15/h3-9H,2,10H2,1H3,(H,17,18). The van der Waals surface area contributed by atoms with E-state index >= 15 is 0 Å². The van der Waals surface area contributed by atoms with Crippen molar-refractivity contribution in [2.75, 3.05) is 5.32 Å². The smallest absolute Gasteiger partial charge is 0.296 e. The predicted octanol–water partition coefficient (Wildman–Crippen LogP) is 3.40. The van der Waals surface area contributed by atoms with Crippen LogP contribution in [0.1, 0.15) is 18.2 Å². The van der Waals surface area contributed by atoms with Crippen molar-refractivity contribution < 1.29 is 4.42 Å². The van der Waals surface area contributed by atoms with E-state index in [4.69, 9.17) is 4.42 Å². The molecular weight excluding hydrogens is 238 g/mol. The van der Waals surface area contributed by atoms with Gasteiger partial charge in [-0.15, -0.1) is 0 Å². The van der Waals surface area contributed by atoms with E-state index in [0.717, 1.165) is 23.2 Å². The minimum Gasteiger partial charge on any atom is -0.424 e. The number of benzene rings is 1. The summed E-state index contributed by atoms with van der Waals surface area (Å²) in [4.78, 5) is 8.76. The molecule has 0 radical (unpaired) electrons. The molecule has 1 N–H and O–H groups in total. The van der Waals surface area contributed by atoms with Crippen LogP contribution >= 0.6 is 0 Å². The van der Waals surface area contributed by atoms with Gasteiger partial charge >= 0.3 is 0 Å². The molecule has 0 fully saturated rings. The van der Waals surface area contributed by atoms with Gasteiger partial charge in [-0.1, -0.05) is 25.1 Å². The second-order valence-electron chi connectivity index (χ2n) is 4.30. The molecule has 0 saturated heterocycles. The average molecular weight is 253 g/mol. The fraction of sp³-hybridized carbons (Fsp3) is 0.200. The molecule has 0 spiro atoms. The lowest BCUT2D eigenvalue weighted by molar-refractivity contribution is 0.613. The minimum absolute atomic E-state index is 0.536. The number of hydrogen-bond acceptors (Lipinski definition) is 4. The van der Waals surface area contributed by atoms with Gasteiger partial charge < -0.3 is 9.73 Å². The highest BCUT2D eigenvalue weighted by atomic mass is 16.4. The maximum absolute atomic E-state index is 5.61. The Kier molecular flexibility index (Phi) is 3.14. The lowest BCUT2D eigenvalue weighted by atomic mass is 10.1. The first kappa shape index (κ1) is 11.7. The Morgan fingerprint density at radius 3 is 2.89 bits per heavy atom. The topological polar surface area (TPSA) is 51.0 Å². The Labute approximate surface area is 111 Å². The molecule has 2 aromatic heterocycles. The predicted molar refractivity (Wildman–Crippen MR) is 75.0 cm³/mol. The number of rotatable bonds is 4. The van der Waals surface area contributed by atoms with Gasteiger partial charge in [-0.25, -0.2) is 0 Å². The highest BCUT2D eigenvalue weighted by Gasteiger charge is 2.06. The van der Waals surface area contributed by atoms with E-state index in [-0.39, 0.29) is 0 Å². The Morgan fingerprint density at radius 2 is 2.05 bits per heavy atom. The Morgan fingerprint density at radius 1 is 1.16 bits per heavy atom. The van der Waals surface area contributed by atoms with E-state index in [9.17, 15) is 0 Å². The van der Waals surface area contributed by atoms with Crippen molar-refractivity contribution in [1.29, 1.82) is 0 Å². The summed E-state index contributed by atoms with van der Waals surface area (Å²) in [6.07, 6.45) is 2.78. The molecule has 3 aromatic rings. The number of para-hydroxylation sites is 2. The molecule has 0 aliphatic rings. The number of aromatic nitrogens is 2. The SMILES string of the molecule is CCc1cccnc1CNc1nc2ccccc2o1. The molecule has 0 aliphatic heterocycles. The maximum atomic E-state index is 5.61. The number of pyridine rings is 1. The van der Waals surface area contributed by atoms with Crippen LogP contribution in [0.5, 0.6) is 0 Å². The van der Waals surface area contributed by atoms with E-state index in [1.54, 1.807) is 0 Å². The molecule has 3 rings (SSSR count). The van der Waals surface area contributed by atoms with Crippen LogP contribution in [0.4, 0.5) is 6.01 Å². The number of anilines is 1. The number of nitrogens with zero attached hydrogens (tertiary/aromatic N) is 2. The van der Waals surface area contributed by atoms with Crippen LogP contribution in [0.3, 0.4) is 0 Å². The third-order valence-corrected chi connectivity index (χ3v) is 3.07. The van der Waals surface area contributed by atoms with E-state index in [1.807, 2.05) is 36.5 Å². The van der Waals surface area contributed by atoms with Gasteiger partial charge in [0.05, 0.1) is 12.2 Å². The summed E-state index contributed by atoms with van der Waals surface area (Å²) >= 11 is 0. The zero-order chi connectivity index (χ0) is 13.1. The van der Waals surface area contributed by atoms with Gasteiger partial charge in [0, 0.05) is 6.20 Å². The molecule has 0 unspecified atom stereocenters. The third-order valence-electron chi connectivity index (χ3n) is 3.07. The summed E-state index contributed by atoms with van der Waals surface area (Å²) in [6.45, 7) is 2.75. The molecule has 4 nitrogen and oxygen atoms in total. The monoisotopic (exact) mass is 253 g/mol. The normalized spacial score (nSPS) is 10.8. The van der Waals surface area contributed by atoms with Crippen molar-refractivity contribution in [3.63, 3.8) is 0 Å². The van der Waals surface area contributed by atoms with Gasteiger partial charge in [0.25, 0.3) is 6.01 Å². The molecule has 0 bridgehead atoms. The van der Waals surface area contributed by atoms with Crippen molar-refractivity contribution in [1.82, 2.24) is 9.97 Å². The van der Waals surface area contributed by atoms with E-state index in [0.29, 0.717) is 12.6 Å². The maximum Gasteiger partial charge on any atom is 0.296 e. The minimum atomic E-state index is 0.536. The van der Waals surface area contributed by atoms with Crippen LogP contribution in [0.25, 0.3) is 11.1 Å². The van der Waals surface area contributed by atoms with Crippen LogP contribution < -0.4 is 5.32 Å². The number of aryl methyl sites for hydroxylation is 1. The van der Waals surface area contributed by atoms with Crippen LogP contribution in [-0.4, -0.2) is 9.97 Å². The van der Waals surface area contributed by atoms with Crippen molar-refractivity contribution in [2.45, 2.75) is 19.9 Å². The molecule has 96 valence electrons. The fourth-order valence-corrected chi connectivity index (χ4v) is 2.06. The molecule has 0 saturated carbocycles. The van der Waals surface area contributed by atoms with Gasteiger partial charge in [-0.05, 0) is 30.2 Å². The first-order chi connectivity index (χ1) is 9.36. The Hall–Kier alpha value is -2.36. The van der Waals surface area contributed by atoms with E-state index in [2.05, 4.69) is 28.3 Å². The van der Waals surface area contributed by atoms with Crippen molar-refractivity contribution in [2.24, 2.45) is 0 Å². The summed E-state index contributed by atoms with van der Waals surface area (Å²) < 4.78 is 5.61. The van der Waals surface area contributed by atoms with Crippen molar-refractivity contribution in [3.8, 4) is 0 Å². The van der Waals surface area contributed by atoms with Crippen molar-refractivity contribution in [3.05, 3.63) is 53.9 Å². The first-order valence-corrected chi connectivity index (χ1v) is 6.39. The number of fused-ring (bicyclic) bond motifs is 1. The first-order valence-electron chi connectivity index (χ1n) is 6.39. The molecule has 0 amide bonds. The summed E-state index contributed by atoms with van der Waals surface area (Å²) in [7, 11) is 0. The van der Waals surface area contributed by atoms with Gasteiger partial charge in [-0.2, -0.15) is 4.98 Å². The molecule has 4 heteroatoms. The fourth-order valence-electron chi connectivity index (χ4n) is 2.06. The van der Waals surface area contributed by atoms with Crippen LogP contribution in [0, 0.1) is 0 Å². The van der Waals surface area contributed by atoms with Crippen LogP contribution in [-0.2, 0) is 13.0 Å². The second kappa shape index (κ2) is 5.10. The van der Waals surface area contributed by atoms with Crippen molar-refractivity contribution >= 4 is 17.1 Å². The quantitative estimate of drug-likeness (QED) is 0.774.